The first kappa shape index (κ1) is 19.6. The molecule has 10 heteroatoms. The minimum absolute atomic E-state index is 0.102. The number of nitrogens with zero attached hydrogens (tertiary/aromatic N) is 2. The molecule has 10 nitrogen and oxygen atoms in total. The number of esters is 1. The molecule has 0 aliphatic rings. The summed E-state index contributed by atoms with van der Waals surface area (Å²) in [5.74, 6) is -1.61. The molecule has 0 unspecified atom stereocenters. The SMILES string of the molecule is COc1ccc(C)cc1NC(=O)CNC(=O)COC(=O)c1nccnc1N. The number of anilines is 2. The lowest BCUT2D eigenvalue weighted by Crippen LogP contribution is -2.35. The van der Waals surface area contributed by atoms with E-state index in [-0.39, 0.29) is 18.1 Å². The number of carbonyl (C=O) groups is 3. The number of hydrogen-bond donors (Lipinski definition) is 3. The van der Waals surface area contributed by atoms with Gasteiger partial charge in [0.05, 0.1) is 19.3 Å². The van der Waals surface area contributed by atoms with Crippen LogP contribution in [-0.4, -0.2) is 48.0 Å². The third-order valence-corrected chi connectivity index (χ3v) is 3.33. The van der Waals surface area contributed by atoms with Gasteiger partial charge in [-0.2, -0.15) is 0 Å². The molecule has 0 fully saturated rings. The van der Waals surface area contributed by atoms with E-state index in [4.69, 9.17) is 15.2 Å². The van der Waals surface area contributed by atoms with E-state index in [2.05, 4.69) is 20.6 Å². The molecule has 0 aliphatic heterocycles. The molecule has 2 amide bonds. The zero-order valence-electron chi connectivity index (χ0n) is 14.8. The van der Waals surface area contributed by atoms with Gasteiger partial charge < -0.3 is 25.8 Å². The normalized spacial score (nSPS) is 10.0. The molecule has 0 saturated carbocycles. The van der Waals surface area contributed by atoms with Gasteiger partial charge in [0.2, 0.25) is 5.91 Å². The number of nitrogens with two attached hydrogens (primary N) is 1. The molecule has 0 saturated heterocycles. The average Bonchev–Trinajstić information content (AvgIpc) is 2.65. The molecule has 2 aromatic rings. The van der Waals surface area contributed by atoms with Crippen molar-refractivity contribution in [3.05, 3.63) is 41.9 Å². The largest absolute Gasteiger partial charge is 0.495 e. The van der Waals surface area contributed by atoms with Crippen LogP contribution in [0.5, 0.6) is 5.75 Å². The highest BCUT2D eigenvalue weighted by molar-refractivity contribution is 5.96. The van der Waals surface area contributed by atoms with E-state index in [1.54, 1.807) is 12.1 Å². The Hall–Kier alpha value is -3.69. The van der Waals surface area contributed by atoms with Gasteiger partial charge in [-0.3, -0.25) is 9.59 Å². The van der Waals surface area contributed by atoms with Crippen LogP contribution < -0.4 is 21.1 Å². The summed E-state index contributed by atoms with van der Waals surface area (Å²) in [6.07, 6.45) is 2.59. The van der Waals surface area contributed by atoms with Crippen LogP contribution in [0.3, 0.4) is 0 Å². The van der Waals surface area contributed by atoms with Gasteiger partial charge in [0.25, 0.3) is 5.91 Å². The Morgan fingerprint density at radius 1 is 1.15 bits per heavy atom. The van der Waals surface area contributed by atoms with Crippen molar-refractivity contribution in [2.45, 2.75) is 6.92 Å². The number of aryl methyl sites for hydroxylation is 1. The van der Waals surface area contributed by atoms with Crippen LogP contribution in [0, 0.1) is 6.92 Å². The van der Waals surface area contributed by atoms with Crippen LogP contribution in [0.15, 0.2) is 30.6 Å². The average molecular weight is 373 g/mol. The van der Waals surface area contributed by atoms with E-state index in [1.807, 2.05) is 13.0 Å². The molecular weight excluding hydrogens is 354 g/mol. The maximum Gasteiger partial charge on any atom is 0.361 e. The maximum atomic E-state index is 12.0. The lowest BCUT2D eigenvalue weighted by atomic mass is 10.2. The van der Waals surface area contributed by atoms with E-state index in [1.165, 1.54) is 19.5 Å². The summed E-state index contributed by atoms with van der Waals surface area (Å²) in [6.45, 7) is 0.978. The fourth-order valence-electron chi connectivity index (χ4n) is 2.05. The summed E-state index contributed by atoms with van der Waals surface area (Å²) in [5.41, 5.74) is 6.73. The molecule has 1 aromatic carbocycles. The molecule has 2 rings (SSSR count). The first-order valence-electron chi connectivity index (χ1n) is 7.85. The number of benzene rings is 1. The molecule has 27 heavy (non-hydrogen) atoms. The number of amides is 2. The summed E-state index contributed by atoms with van der Waals surface area (Å²) in [4.78, 5) is 42.9. The second-order valence-electron chi connectivity index (χ2n) is 5.39. The Morgan fingerprint density at radius 3 is 2.59 bits per heavy atom. The van der Waals surface area contributed by atoms with Crippen LogP contribution in [0.4, 0.5) is 11.5 Å². The molecule has 142 valence electrons. The Morgan fingerprint density at radius 2 is 1.89 bits per heavy atom. The highest BCUT2D eigenvalue weighted by atomic mass is 16.5. The number of nitrogen functional groups attached to an aromatic ring is 1. The fraction of sp³-hybridized carbons (Fsp3) is 0.235. The van der Waals surface area contributed by atoms with Crippen molar-refractivity contribution in [2.24, 2.45) is 0 Å². The van der Waals surface area contributed by atoms with Gasteiger partial charge in [0, 0.05) is 12.4 Å². The first-order valence-corrected chi connectivity index (χ1v) is 7.85. The minimum atomic E-state index is -0.885. The van der Waals surface area contributed by atoms with Gasteiger partial charge in [-0.25, -0.2) is 14.8 Å². The van der Waals surface area contributed by atoms with Crippen molar-refractivity contribution in [3.63, 3.8) is 0 Å². The fourth-order valence-corrected chi connectivity index (χ4v) is 2.05. The standard InChI is InChI=1S/C17H19N5O5/c1-10-3-4-12(26-2)11(7-10)22-13(23)8-21-14(24)9-27-17(25)15-16(18)20-6-5-19-15/h3-7H,8-9H2,1-2H3,(H2,18,20)(H,21,24)(H,22,23). The van der Waals surface area contributed by atoms with Gasteiger partial charge in [-0.1, -0.05) is 6.07 Å². The topological polar surface area (TPSA) is 146 Å². The lowest BCUT2D eigenvalue weighted by molar-refractivity contribution is -0.126. The quantitative estimate of drug-likeness (QED) is 0.587. The van der Waals surface area contributed by atoms with Crippen LogP contribution in [-0.2, 0) is 14.3 Å². The highest BCUT2D eigenvalue weighted by Gasteiger charge is 2.16. The van der Waals surface area contributed by atoms with Crippen LogP contribution >= 0.6 is 0 Å². The summed E-state index contributed by atoms with van der Waals surface area (Å²) in [6, 6.07) is 5.31. The van der Waals surface area contributed by atoms with Crippen molar-refractivity contribution in [1.82, 2.24) is 15.3 Å². The van der Waals surface area contributed by atoms with Gasteiger partial charge in [0.15, 0.2) is 18.1 Å². The zero-order chi connectivity index (χ0) is 19.8. The predicted molar refractivity (Wildman–Crippen MR) is 96.1 cm³/mol. The number of ether oxygens (including phenoxy) is 2. The van der Waals surface area contributed by atoms with E-state index in [0.717, 1.165) is 5.56 Å². The molecule has 1 heterocycles. The highest BCUT2D eigenvalue weighted by Crippen LogP contribution is 2.24. The molecular formula is C17H19N5O5. The van der Waals surface area contributed by atoms with Crippen LogP contribution in [0.1, 0.15) is 16.1 Å². The smallest absolute Gasteiger partial charge is 0.361 e. The number of nitrogens with one attached hydrogen (secondary N) is 2. The summed E-state index contributed by atoms with van der Waals surface area (Å²) in [5, 5.41) is 4.97. The number of aromatic nitrogens is 2. The molecule has 0 spiro atoms. The van der Waals surface area contributed by atoms with Crippen molar-refractivity contribution in [2.75, 3.05) is 31.3 Å². The molecule has 0 bridgehead atoms. The first-order chi connectivity index (χ1) is 12.9. The Kier molecular flexibility index (Phi) is 6.64. The van der Waals surface area contributed by atoms with Gasteiger partial charge >= 0.3 is 5.97 Å². The summed E-state index contributed by atoms with van der Waals surface area (Å²) >= 11 is 0. The van der Waals surface area contributed by atoms with Crippen molar-refractivity contribution in [3.8, 4) is 5.75 Å². The Balaban J connectivity index is 1.80. The Labute approximate surface area is 155 Å². The van der Waals surface area contributed by atoms with Crippen LogP contribution in [0.2, 0.25) is 0 Å². The minimum Gasteiger partial charge on any atom is -0.495 e. The molecule has 0 aliphatic carbocycles. The third-order valence-electron chi connectivity index (χ3n) is 3.33. The van der Waals surface area contributed by atoms with Crippen LogP contribution in [0.25, 0.3) is 0 Å². The van der Waals surface area contributed by atoms with E-state index in [9.17, 15) is 14.4 Å². The van der Waals surface area contributed by atoms with Crippen molar-refractivity contribution < 1.29 is 23.9 Å². The monoisotopic (exact) mass is 373 g/mol. The second-order valence-corrected chi connectivity index (χ2v) is 5.39. The predicted octanol–water partition coefficient (Wildman–Crippen LogP) is 0.288. The summed E-state index contributed by atoms with van der Waals surface area (Å²) in [7, 11) is 1.49. The second kappa shape index (κ2) is 9.13. The van der Waals surface area contributed by atoms with E-state index < -0.39 is 24.4 Å². The molecule has 0 radical (unpaired) electrons. The lowest BCUT2D eigenvalue weighted by Gasteiger charge is -2.11. The van der Waals surface area contributed by atoms with E-state index in [0.29, 0.717) is 11.4 Å². The molecule has 0 atom stereocenters. The number of rotatable bonds is 7. The maximum absolute atomic E-state index is 12.0. The number of methoxy groups -OCH3 is 1. The third kappa shape index (κ3) is 5.66. The van der Waals surface area contributed by atoms with Crippen molar-refractivity contribution in [1.29, 1.82) is 0 Å². The Bertz CT molecular complexity index is 855. The van der Waals surface area contributed by atoms with Gasteiger partial charge in [-0.15, -0.1) is 0 Å². The van der Waals surface area contributed by atoms with Gasteiger partial charge in [0.1, 0.15) is 5.75 Å². The summed E-state index contributed by atoms with van der Waals surface area (Å²) < 4.78 is 9.95. The van der Waals surface area contributed by atoms with E-state index >= 15 is 0 Å². The number of hydrogen-bond acceptors (Lipinski definition) is 8. The zero-order valence-corrected chi connectivity index (χ0v) is 14.8. The van der Waals surface area contributed by atoms with Gasteiger partial charge in [-0.05, 0) is 24.6 Å². The molecule has 1 aromatic heterocycles. The number of carbonyl (C=O) groups excluding carboxylic acids is 3. The molecule has 4 N–H and O–H groups in total. The van der Waals surface area contributed by atoms with Crippen molar-refractivity contribution >= 4 is 29.3 Å².